The molecule has 0 unspecified atom stereocenters. The van der Waals surface area contributed by atoms with Crippen LogP contribution in [0, 0.1) is 5.82 Å². The van der Waals surface area contributed by atoms with E-state index in [1.165, 1.54) is 12.1 Å². The molecule has 7 nitrogen and oxygen atoms in total. The van der Waals surface area contributed by atoms with Gasteiger partial charge in [0.1, 0.15) is 5.82 Å². The third-order valence-electron chi connectivity index (χ3n) is 4.32. The molecule has 3 amide bonds. The first-order chi connectivity index (χ1) is 14.0. The summed E-state index contributed by atoms with van der Waals surface area (Å²) in [7, 11) is 3.12. The van der Waals surface area contributed by atoms with Crippen molar-refractivity contribution in [2.24, 2.45) is 0 Å². The van der Waals surface area contributed by atoms with Crippen LogP contribution in [0.1, 0.15) is 18.1 Å². The number of hydrogen-bond acceptors (Lipinski definition) is 4. The van der Waals surface area contributed by atoms with Gasteiger partial charge in [-0.05, 0) is 42.3 Å². The lowest BCUT2D eigenvalue weighted by atomic mass is 10.2. The van der Waals surface area contributed by atoms with E-state index in [1.807, 2.05) is 19.1 Å². The van der Waals surface area contributed by atoms with Crippen LogP contribution in [0.15, 0.2) is 42.5 Å². The van der Waals surface area contributed by atoms with Crippen molar-refractivity contribution in [2.45, 2.75) is 20.0 Å². The molecule has 0 aliphatic heterocycles. The zero-order valence-corrected chi connectivity index (χ0v) is 16.8. The van der Waals surface area contributed by atoms with Gasteiger partial charge in [-0.2, -0.15) is 0 Å². The predicted molar refractivity (Wildman–Crippen MR) is 107 cm³/mol. The smallest absolute Gasteiger partial charge is 0.315 e. The van der Waals surface area contributed by atoms with E-state index >= 15 is 0 Å². The lowest BCUT2D eigenvalue weighted by molar-refractivity contribution is -0.130. The van der Waals surface area contributed by atoms with E-state index in [9.17, 15) is 14.0 Å². The first kappa shape index (κ1) is 22.0. The van der Waals surface area contributed by atoms with E-state index in [4.69, 9.17) is 9.47 Å². The molecule has 0 fully saturated rings. The van der Waals surface area contributed by atoms with Crippen LogP contribution in [-0.2, 0) is 17.9 Å². The van der Waals surface area contributed by atoms with Crippen LogP contribution in [0.3, 0.4) is 0 Å². The third-order valence-corrected chi connectivity index (χ3v) is 4.32. The topological polar surface area (TPSA) is 79.9 Å². The lowest BCUT2D eigenvalue weighted by Gasteiger charge is -2.22. The Morgan fingerprint density at radius 2 is 1.62 bits per heavy atom. The molecule has 0 bridgehead atoms. The van der Waals surface area contributed by atoms with Crippen molar-refractivity contribution >= 4 is 11.9 Å². The second kappa shape index (κ2) is 10.9. The molecule has 2 aromatic rings. The van der Waals surface area contributed by atoms with Gasteiger partial charge in [0, 0.05) is 19.6 Å². The SMILES string of the molecule is CCN(Cc1ccc(OC)c(OC)c1)C(=O)CNC(=O)NCc1ccc(F)cc1. The molecule has 0 spiro atoms. The van der Waals surface area contributed by atoms with E-state index < -0.39 is 6.03 Å². The van der Waals surface area contributed by atoms with Gasteiger partial charge in [0.2, 0.25) is 5.91 Å². The number of rotatable bonds is 9. The highest BCUT2D eigenvalue weighted by Crippen LogP contribution is 2.28. The Bertz CT molecular complexity index is 827. The van der Waals surface area contributed by atoms with Crippen molar-refractivity contribution < 1.29 is 23.5 Å². The number of amides is 3. The Hall–Kier alpha value is -3.29. The first-order valence-electron chi connectivity index (χ1n) is 9.21. The Balaban J connectivity index is 1.84. The number of benzene rings is 2. The number of carbonyl (C=O) groups is 2. The van der Waals surface area contributed by atoms with Crippen molar-refractivity contribution in [3.05, 3.63) is 59.4 Å². The van der Waals surface area contributed by atoms with Gasteiger partial charge in [-0.3, -0.25) is 4.79 Å². The molecule has 0 aliphatic rings. The standard InChI is InChI=1S/C21H26FN3O4/c1-4-25(14-16-7-10-18(28-2)19(11-16)29-3)20(26)13-24-21(27)23-12-15-5-8-17(22)9-6-15/h5-11H,4,12-14H2,1-3H3,(H2,23,24,27). The summed E-state index contributed by atoms with van der Waals surface area (Å²) in [5.74, 6) is 0.661. The van der Waals surface area contributed by atoms with Gasteiger partial charge < -0.3 is 25.0 Å². The molecule has 0 aromatic heterocycles. The normalized spacial score (nSPS) is 10.2. The molecule has 0 aliphatic carbocycles. The van der Waals surface area contributed by atoms with E-state index in [1.54, 1.807) is 37.3 Å². The summed E-state index contributed by atoms with van der Waals surface area (Å²) in [5, 5.41) is 5.18. The van der Waals surface area contributed by atoms with Gasteiger partial charge in [0.25, 0.3) is 0 Å². The number of halogens is 1. The zero-order chi connectivity index (χ0) is 21.2. The first-order valence-corrected chi connectivity index (χ1v) is 9.21. The molecule has 2 rings (SSSR count). The van der Waals surface area contributed by atoms with Crippen molar-refractivity contribution in [1.82, 2.24) is 15.5 Å². The summed E-state index contributed by atoms with van der Waals surface area (Å²) in [4.78, 5) is 26.0. The fourth-order valence-corrected chi connectivity index (χ4v) is 2.69. The maximum absolute atomic E-state index is 12.9. The highest BCUT2D eigenvalue weighted by Gasteiger charge is 2.14. The van der Waals surface area contributed by atoms with Crippen LogP contribution in [0.5, 0.6) is 11.5 Å². The maximum atomic E-state index is 12.9. The Morgan fingerprint density at radius 3 is 2.24 bits per heavy atom. The molecule has 0 heterocycles. The largest absolute Gasteiger partial charge is 0.493 e. The Morgan fingerprint density at radius 1 is 0.966 bits per heavy atom. The number of hydrogen-bond donors (Lipinski definition) is 2. The monoisotopic (exact) mass is 403 g/mol. The molecule has 2 aromatic carbocycles. The molecule has 0 atom stereocenters. The average molecular weight is 403 g/mol. The highest BCUT2D eigenvalue weighted by atomic mass is 19.1. The molecule has 0 radical (unpaired) electrons. The maximum Gasteiger partial charge on any atom is 0.315 e. The van der Waals surface area contributed by atoms with Crippen molar-refractivity contribution in [3.8, 4) is 11.5 Å². The predicted octanol–water partition coefficient (Wildman–Crippen LogP) is 2.69. The van der Waals surface area contributed by atoms with Crippen LogP contribution in [0.2, 0.25) is 0 Å². The minimum Gasteiger partial charge on any atom is -0.493 e. The van der Waals surface area contributed by atoms with Gasteiger partial charge in [0.05, 0.1) is 20.8 Å². The molecule has 8 heteroatoms. The quantitative estimate of drug-likeness (QED) is 0.675. The summed E-state index contributed by atoms with van der Waals surface area (Å²) in [6, 6.07) is 10.8. The molecule has 0 saturated carbocycles. The van der Waals surface area contributed by atoms with Crippen LogP contribution in [0.4, 0.5) is 9.18 Å². The fraction of sp³-hybridized carbons (Fsp3) is 0.333. The molecular weight excluding hydrogens is 377 g/mol. The van der Waals surface area contributed by atoms with Gasteiger partial charge >= 0.3 is 6.03 Å². The third kappa shape index (κ3) is 6.67. The molecule has 2 N–H and O–H groups in total. The van der Waals surface area contributed by atoms with E-state index in [0.717, 1.165) is 11.1 Å². The van der Waals surface area contributed by atoms with Crippen molar-refractivity contribution in [1.29, 1.82) is 0 Å². The summed E-state index contributed by atoms with van der Waals surface area (Å²) in [5.41, 5.74) is 1.65. The summed E-state index contributed by atoms with van der Waals surface area (Å²) >= 11 is 0. The van der Waals surface area contributed by atoms with Crippen molar-refractivity contribution in [2.75, 3.05) is 27.3 Å². The van der Waals surface area contributed by atoms with Crippen molar-refractivity contribution in [3.63, 3.8) is 0 Å². The van der Waals surface area contributed by atoms with E-state index in [0.29, 0.717) is 24.6 Å². The van der Waals surface area contributed by atoms with Gasteiger partial charge in [-0.25, -0.2) is 9.18 Å². The van der Waals surface area contributed by atoms with Crippen LogP contribution < -0.4 is 20.1 Å². The number of methoxy groups -OCH3 is 2. The van der Waals surface area contributed by atoms with E-state index in [-0.39, 0.29) is 24.8 Å². The minimum atomic E-state index is -0.468. The summed E-state index contributed by atoms with van der Waals surface area (Å²) in [6.45, 7) is 2.85. The summed E-state index contributed by atoms with van der Waals surface area (Å²) < 4.78 is 23.4. The number of nitrogens with zero attached hydrogens (tertiary/aromatic N) is 1. The number of nitrogens with one attached hydrogen (secondary N) is 2. The summed E-state index contributed by atoms with van der Waals surface area (Å²) in [6.07, 6.45) is 0. The van der Waals surface area contributed by atoms with Crippen LogP contribution >= 0.6 is 0 Å². The average Bonchev–Trinajstić information content (AvgIpc) is 2.75. The molecular formula is C21H26FN3O4. The van der Waals surface area contributed by atoms with Gasteiger partial charge in [0.15, 0.2) is 11.5 Å². The number of ether oxygens (including phenoxy) is 2. The molecule has 29 heavy (non-hydrogen) atoms. The Labute approximate surface area is 169 Å². The second-order valence-corrected chi connectivity index (χ2v) is 6.26. The van der Waals surface area contributed by atoms with E-state index in [2.05, 4.69) is 10.6 Å². The molecule has 0 saturated heterocycles. The molecule has 156 valence electrons. The highest BCUT2D eigenvalue weighted by molar-refractivity contribution is 5.84. The van der Waals surface area contributed by atoms with Crippen LogP contribution in [-0.4, -0.2) is 44.1 Å². The van der Waals surface area contributed by atoms with Crippen LogP contribution in [0.25, 0.3) is 0 Å². The number of likely N-dealkylation sites (N-methyl/N-ethyl adjacent to an activating group) is 1. The Kier molecular flexibility index (Phi) is 8.27. The minimum absolute atomic E-state index is 0.129. The lowest BCUT2D eigenvalue weighted by Crippen LogP contribution is -2.43. The number of urea groups is 1. The zero-order valence-electron chi connectivity index (χ0n) is 16.8. The van der Waals surface area contributed by atoms with Gasteiger partial charge in [-0.15, -0.1) is 0 Å². The van der Waals surface area contributed by atoms with Gasteiger partial charge in [-0.1, -0.05) is 18.2 Å². The number of carbonyl (C=O) groups excluding carboxylic acids is 2. The fourth-order valence-electron chi connectivity index (χ4n) is 2.69. The second-order valence-electron chi connectivity index (χ2n) is 6.26.